The van der Waals surface area contributed by atoms with Gasteiger partial charge in [0.2, 0.25) is 11.8 Å². The highest BCUT2D eigenvalue weighted by atomic mass is 16.5. The minimum Gasteiger partial charge on any atom is -0.494 e. The number of benzene rings is 2. The molecule has 3 rings (SSSR count). The highest BCUT2D eigenvalue weighted by Crippen LogP contribution is 2.30. The first kappa shape index (κ1) is 17.2. The molecule has 0 N–H and O–H groups in total. The fraction of sp³-hybridized carbons (Fsp3) is 0.333. The minimum atomic E-state index is -0.291. The molecule has 1 aliphatic rings. The Morgan fingerprint density at radius 3 is 2.28 bits per heavy atom. The van der Waals surface area contributed by atoms with Crippen LogP contribution in [0.5, 0.6) is 5.75 Å². The van der Waals surface area contributed by atoms with E-state index < -0.39 is 0 Å². The molecule has 1 heterocycles. The van der Waals surface area contributed by atoms with Gasteiger partial charge in [0, 0.05) is 6.42 Å². The summed E-state index contributed by atoms with van der Waals surface area (Å²) in [4.78, 5) is 26.5. The van der Waals surface area contributed by atoms with Crippen molar-refractivity contribution in [1.29, 1.82) is 0 Å². The van der Waals surface area contributed by atoms with Crippen molar-refractivity contribution in [3.05, 3.63) is 59.2 Å². The predicted octanol–water partition coefficient (Wildman–Crippen LogP) is 3.82. The van der Waals surface area contributed by atoms with Crippen LogP contribution in [0.2, 0.25) is 0 Å². The molecule has 2 aromatic rings. The molecule has 0 spiro atoms. The lowest BCUT2D eigenvalue weighted by Crippen LogP contribution is -2.30. The molecule has 1 saturated heterocycles. The molecular formula is C21H23NO3. The number of hydrogen-bond donors (Lipinski definition) is 0. The number of ether oxygens (including phenoxy) is 1. The fourth-order valence-electron chi connectivity index (χ4n) is 3.46. The zero-order valence-corrected chi connectivity index (χ0v) is 14.9. The van der Waals surface area contributed by atoms with Crippen LogP contribution in [-0.2, 0) is 16.0 Å². The topological polar surface area (TPSA) is 46.6 Å². The SMILES string of the molecule is CCOc1ccc(N2C(=O)C[C@H](Cc3cc(C)cc(C)c3)C2=O)cc1. The van der Waals surface area contributed by atoms with E-state index in [4.69, 9.17) is 4.74 Å². The van der Waals surface area contributed by atoms with Crippen LogP contribution >= 0.6 is 0 Å². The van der Waals surface area contributed by atoms with Gasteiger partial charge in [0.15, 0.2) is 0 Å². The largest absolute Gasteiger partial charge is 0.494 e. The third-order valence-corrected chi connectivity index (χ3v) is 4.41. The highest BCUT2D eigenvalue weighted by molar-refractivity contribution is 6.21. The quantitative estimate of drug-likeness (QED) is 0.779. The summed E-state index contributed by atoms with van der Waals surface area (Å²) in [6.07, 6.45) is 0.861. The van der Waals surface area contributed by atoms with Gasteiger partial charge in [-0.2, -0.15) is 0 Å². The maximum atomic E-state index is 12.8. The average Bonchev–Trinajstić information content (AvgIpc) is 2.82. The molecule has 0 saturated carbocycles. The normalized spacial score (nSPS) is 17.2. The lowest BCUT2D eigenvalue weighted by molar-refractivity contribution is -0.122. The molecule has 25 heavy (non-hydrogen) atoms. The molecule has 0 aromatic heterocycles. The number of carbonyl (C=O) groups excluding carboxylic acids is 2. The Labute approximate surface area is 148 Å². The number of hydrogen-bond acceptors (Lipinski definition) is 3. The van der Waals surface area contributed by atoms with Crippen molar-refractivity contribution in [1.82, 2.24) is 0 Å². The molecule has 4 nitrogen and oxygen atoms in total. The molecule has 0 radical (unpaired) electrons. The maximum Gasteiger partial charge on any atom is 0.237 e. The number of carbonyl (C=O) groups is 2. The lowest BCUT2D eigenvalue weighted by atomic mass is 9.95. The zero-order chi connectivity index (χ0) is 18.0. The van der Waals surface area contributed by atoms with E-state index in [0.717, 1.165) is 11.3 Å². The van der Waals surface area contributed by atoms with Crippen molar-refractivity contribution in [3.8, 4) is 5.75 Å². The third-order valence-electron chi connectivity index (χ3n) is 4.41. The number of amides is 2. The monoisotopic (exact) mass is 337 g/mol. The smallest absolute Gasteiger partial charge is 0.237 e. The Balaban J connectivity index is 1.77. The summed E-state index contributed by atoms with van der Waals surface area (Å²) >= 11 is 0. The predicted molar refractivity (Wildman–Crippen MR) is 97.8 cm³/mol. The number of nitrogens with zero attached hydrogens (tertiary/aromatic N) is 1. The van der Waals surface area contributed by atoms with Crippen LogP contribution in [0.25, 0.3) is 0 Å². The van der Waals surface area contributed by atoms with E-state index in [1.54, 1.807) is 24.3 Å². The second-order valence-corrected chi connectivity index (χ2v) is 6.60. The maximum absolute atomic E-state index is 12.8. The van der Waals surface area contributed by atoms with E-state index in [-0.39, 0.29) is 24.2 Å². The second kappa shape index (κ2) is 7.09. The zero-order valence-electron chi connectivity index (χ0n) is 14.9. The van der Waals surface area contributed by atoms with Crippen LogP contribution < -0.4 is 9.64 Å². The highest BCUT2D eigenvalue weighted by Gasteiger charge is 2.39. The third kappa shape index (κ3) is 3.73. The summed E-state index contributed by atoms with van der Waals surface area (Å²) in [5.74, 6) is 0.189. The number of aryl methyl sites for hydroxylation is 2. The van der Waals surface area contributed by atoms with Crippen LogP contribution in [-0.4, -0.2) is 18.4 Å². The van der Waals surface area contributed by atoms with Gasteiger partial charge in [-0.3, -0.25) is 14.5 Å². The van der Waals surface area contributed by atoms with E-state index >= 15 is 0 Å². The van der Waals surface area contributed by atoms with Gasteiger partial charge >= 0.3 is 0 Å². The van der Waals surface area contributed by atoms with Crippen molar-refractivity contribution < 1.29 is 14.3 Å². The van der Waals surface area contributed by atoms with Crippen molar-refractivity contribution in [2.24, 2.45) is 5.92 Å². The number of anilines is 1. The Hall–Kier alpha value is -2.62. The summed E-state index contributed by atoms with van der Waals surface area (Å²) < 4.78 is 5.41. The van der Waals surface area contributed by atoms with Gasteiger partial charge in [-0.05, 0) is 57.0 Å². The Morgan fingerprint density at radius 1 is 1.04 bits per heavy atom. The van der Waals surface area contributed by atoms with Crippen molar-refractivity contribution >= 4 is 17.5 Å². The minimum absolute atomic E-state index is 0.117. The molecule has 2 aromatic carbocycles. The van der Waals surface area contributed by atoms with E-state index in [1.165, 1.54) is 16.0 Å². The van der Waals surface area contributed by atoms with Crippen molar-refractivity contribution in [3.63, 3.8) is 0 Å². The molecule has 1 aliphatic heterocycles. The van der Waals surface area contributed by atoms with E-state index in [0.29, 0.717) is 18.7 Å². The first-order valence-corrected chi connectivity index (χ1v) is 8.64. The lowest BCUT2D eigenvalue weighted by Gasteiger charge is -2.16. The van der Waals surface area contributed by atoms with Gasteiger partial charge in [-0.25, -0.2) is 0 Å². The summed E-state index contributed by atoms with van der Waals surface area (Å²) in [6.45, 7) is 6.59. The van der Waals surface area contributed by atoms with Crippen molar-refractivity contribution in [2.45, 2.75) is 33.6 Å². The second-order valence-electron chi connectivity index (χ2n) is 6.60. The summed E-state index contributed by atoms with van der Waals surface area (Å²) in [7, 11) is 0. The van der Waals surface area contributed by atoms with Crippen molar-refractivity contribution in [2.75, 3.05) is 11.5 Å². The van der Waals surface area contributed by atoms with Gasteiger partial charge in [-0.1, -0.05) is 29.3 Å². The Kier molecular flexibility index (Phi) is 4.88. The van der Waals surface area contributed by atoms with Crippen LogP contribution in [0.4, 0.5) is 5.69 Å². The van der Waals surface area contributed by atoms with E-state index in [2.05, 4.69) is 18.2 Å². The molecule has 4 heteroatoms. The van der Waals surface area contributed by atoms with Crippen LogP contribution in [0.3, 0.4) is 0 Å². The molecular weight excluding hydrogens is 314 g/mol. The van der Waals surface area contributed by atoms with Gasteiger partial charge in [-0.15, -0.1) is 0 Å². The molecule has 0 bridgehead atoms. The summed E-state index contributed by atoms with van der Waals surface area (Å²) in [5, 5.41) is 0. The Morgan fingerprint density at radius 2 is 1.68 bits per heavy atom. The van der Waals surface area contributed by atoms with E-state index in [9.17, 15) is 9.59 Å². The molecule has 0 unspecified atom stereocenters. The van der Waals surface area contributed by atoms with E-state index in [1.807, 2.05) is 20.8 Å². The first-order chi connectivity index (χ1) is 12.0. The number of imide groups is 1. The molecule has 130 valence electrons. The van der Waals surface area contributed by atoms with Gasteiger partial charge in [0.05, 0.1) is 18.2 Å². The van der Waals surface area contributed by atoms with Gasteiger partial charge < -0.3 is 4.74 Å². The standard InChI is InChI=1S/C21H23NO3/c1-4-25-19-7-5-18(6-8-19)22-20(23)13-17(21(22)24)12-16-10-14(2)9-15(3)11-16/h5-11,17H,4,12-13H2,1-3H3/t17-/m0/s1. The van der Waals surface area contributed by atoms with Crippen LogP contribution in [0, 0.1) is 19.8 Å². The van der Waals surface area contributed by atoms with Crippen LogP contribution in [0.15, 0.2) is 42.5 Å². The van der Waals surface area contributed by atoms with Gasteiger partial charge in [0.25, 0.3) is 0 Å². The Bertz CT molecular complexity index is 775. The summed E-state index contributed by atoms with van der Waals surface area (Å²) in [5.41, 5.74) is 4.07. The molecule has 1 fully saturated rings. The molecule has 1 atom stereocenters. The first-order valence-electron chi connectivity index (χ1n) is 8.64. The van der Waals surface area contributed by atoms with Crippen LogP contribution in [0.1, 0.15) is 30.0 Å². The summed E-state index contributed by atoms with van der Waals surface area (Å²) in [6, 6.07) is 13.4. The fourth-order valence-corrected chi connectivity index (χ4v) is 3.46. The van der Waals surface area contributed by atoms with Gasteiger partial charge in [0.1, 0.15) is 5.75 Å². The average molecular weight is 337 g/mol. The molecule has 0 aliphatic carbocycles. The molecule has 2 amide bonds. The number of rotatable bonds is 5.